The first-order valence-corrected chi connectivity index (χ1v) is 4.85. The van der Waals surface area contributed by atoms with Gasteiger partial charge in [-0.15, -0.1) is 0 Å². The molecule has 2 aromatic rings. The van der Waals surface area contributed by atoms with Gasteiger partial charge in [0.1, 0.15) is 5.82 Å². The second-order valence-electron chi connectivity index (χ2n) is 3.15. The lowest BCUT2D eigenvalue weighted by molar-refractivity contribution is 1.34. The SMILES string of the molecule is Cc1cc2cc(Cl)cc(Cl)c2nc1N. The molecule has 0 fully saturated rings. The van der Waals surface area contributed by atoms with Crippen molar-refractivity contribution in [3.8, 4) is 0 Å². The lowest BCUT2D eigenvalue weighted by Crippen LogP contribution is -1.94. The minimum absolute atomic E-state index is 0.502. The predicted molar refractivity (Wildman–Crippen MR) is 60.9 cm³/mol. The number of hydrogen-bond donors (Lipinski definition) is 1. The number of aromatic nitrogens is 1. The minimum atomic E-state index is 0.502. The molecule has 2 rings (SSSR count). The molecule has 1 aromatic carbocycles. The van der Waals surface area contributed by atoms with Gasteiger partial charge in [-0.3, -0.25) is 0 Å². The van der Waals surface area contributed by atoms with Gasteiger partial charge in [0.15, 0.2) is 0 Å². The van der Waals surface area contributed by atoms with E-state index < -0.39 is 0 Å². The maximum atomic E-state index is 5.98. The predicted octanol–water partition coefficient (Wildman–Crippen LogP) is 3.43. The molecule has 0 amide bonds. The normalized spacial score (nSPS) is 10.8. The van der Waals surface area contributed by atoms with Gasteiger partial charge >= 0.3 is 0 Å². The number of aryl methyl sites for hydroxylation is 1. The molecule has 0 unspecified atom stereocenters. The van der Waals surface area contributed by atoms with E-state index in [-0.39, 0.29) is 0 Å². The van der Waals surface area contributed by atoms with Gasteiger partial charge in [-0.25, -0.2) is 4.98 Å². The fourth-order valence-corrected chi connectivity index (χ4v) is 1.88. The summed E-state index contributed by atoms with van der Waals surface area (Å²) in [6, 6.07) is 5.41. The van der Waals surface area contributed by atoms with E-state index >= 15 is 0 Å². The zero-order chi connectivity index (χ0) is 10.3. The average molecular weight is 227 g/mol. The molecule has 0 saturated carbocycles. The maximum absolute atomic E-state index is 5.98. The largest absolute Gasteiger partial charge is 0.383 e. The van der Waals surface area contributed by atoms with E-state index in [9.17, 15) is 0 Å². The first-order valence-electron chi connectivity index (χ1n) is 4.10. The highest BCUT2D eigenvalue weighted by atomic mass is 35.5. The van der Waals surface area contributed by atoms with Gasteiger partial charge in [0.25, 0.3) is 0 Å². The number of nitrogen functional groups attached to an aromatic ring is 1. The summed E-state index contributed by atoms with van der Waals surface area (Å²) in [7, 11) is 0. The van der Waals surface area contributed by atoms with Crippen molar-refractivity contribution in [1.29, 1.82) is 0 Å². The number of nitrogens with zero attached hydrogens (tertiary/aromatic N) is 1. The molecular formula is C10H8Cl2N2. The maximum Gasteiger partial charge on any atom is 0.127 e. The third-order valence-corrected chi connectivity index (χ3v) is 2.57. The van der Waals surface area contributed by atoms with Crippen molar-refractivity contribution in [1.82, 2.24) is 4.98 Å². The van der Waals surface area contributed by atoms with E-state index in [0.29, 0.717) is 21.4 Å². The molecule has 0 spiro atoms. The smallest absolute Gasteiger partial charge is 0.127 e. The summed E-state index contributed by atoms with van der Waals surface area (Å²) in [5.74, 6) is 0.502. The molecule has 0 saturated heterocycles. The van der Waals surface area contributed by atoms with Crippen LogP contribution in [0.1, 0.15) is 5.56 Å². The fourth-order valence-electron chi connectivity index (χ4n) is 1.33. The number of anilines is 1. The Morgan fingerprint density at radius 3 is 2.64 bits per heavy atom. The van der Waals surface area contributed by atoms with Crippen molar-refractivity contribution in [2.24, 2.45) is 0 Å². The summed E-state index contributed by atoms with van der Waals surface area (Å²) in [6.45, 7) is 1.90. The van der Waals surface area contributed by atoms with Gasteiger partial charge in [0, 0.05) is 10.4 Å². The first-order chi connectivity index (χ1) is 6.58. The van der Waals surface area contributed by atoms with Crippen LogP contribution in [0.4, 0.5) is 5.82 Å². The van der Waals surface area contributed by atoms with E-state index in [1.807, 2.05) is 19.1 Å². The number of benzene rings is 1. The highest BCUT2D eigenvalue weighted by molar-refractivity contribution is 6.38. The van der Waals surface area contributed by atoms with Gasteiger partial charge < -0.3 is 5.73 Å². The molecule has 14 heavy (non-hydrogen) atoms. The molecule has 0 bridgehead atoms. The zero-order valence-corrected chi connectivity index (χ0v) is 9.02. The topological polar surface area (TPSA) is 38.9 Å². The van der Waals surface area contributed by atoms with E-state index in [4.69, 9.17) is 28.9 Å². The summed E-state index contributed by atoms with van der Waals surface area (Å²) in [5.41, 5.74) is 7.31. The highest BCUT2D eigenvalue weighted by Crippen LogP contribution is 2.28. The summed E-state index contributed by atoms with van der Waals surface area (Å²) in [5, 5.41) is 2.04. The Bertz CT molecular complexity index is 509. The Morgan fingerprint density at radius 1 is 1.21 bits per heavy atom. The number of rotatable bonds is 0. The van der Waals surface area contributed by atoms with Crippen LogP contribution < -0.4 is 5.73 Å². The number of nitrogens with two attached hydrogens (primary N) is 1. The van der Waals surface area contributed by atoms with Gasteiger partial charge in [-0.2, -0.15) is 0 Å². The van der Waals surface area contributed by atoms with Crippen LogP contribution in [0.15, 0.2) is 18.2 Å². The second-order valence-corrected chi connectivity index (χ2v) is 3.99. The number of hydrogen-bond acceptors (Lipinski definition) is 2. The van der Waals surface area contributed by atoms with Crippen LogP contribution in [-0.2, 0) is 0 Å². The number of fused-ring (bicyclic) bond motifs is 1. The monoisotopic (exact) mass is 226 g/mol. The van der Waals surface area contributed by atoms with Gasteiger partial charge in [0.2, 0.25) is 0 Å². The van der Waals surface area contributed by atoms with Crippen LogP contribution in [0.3, 0.4) is 0 Å². The molecule has 1 aromatic heterocycles. The Labute approximate surface area is 91.6 Å². The third-order valence-electron chi connectivity index (χ3n) is 2.07. The van der Waals surface area contributed by atoms with Crippen molar-refractivity contribution in [2.75, 3.05) is 5.73 Å². The van der Waals surface area contributed by atoms with Crippen molar-refractivity contribution < 1.29 is 0 Å². The summed E-state index contributed by atoms with van der Waals surface area (Å²) < 4.78 is 0. The second kappa shape index (κ2) is 3.30. The molecule has 0 aliphatic rings. The fraction of sp³-hybridized carbons (Fsp3) is 0.100. The van der Waals surface area contributed by atoms with Gasteiger partial charge in [-0.05, 0) is 30.7 Å². The van der Waals surface area contributed by atoms with Crippen LogP contribution in [0.5, 0.6) is 0 Å². The zero-order valence-electron chi connectivity index (χ0n) is 7.51. The van der Waals surface area contributed by atoms with Crippen LogP contribution in [0.25, 0.3) is 10.9 Å². The molecule has 2 nitrogen and oxygen atoms in total. The van der Waals surface area contributed by atoms with Crippen molar-refractivity contribution in [3.05, 3.63) is 33.8 Å². The molecule has 4 heteroatoms. The Balaban J connectivity index is 2.89. The molecule has 0 aliphatic carbocycles. The van der Waals surface area contributed by atoms with E-state index in [2.05, 4.69) is 4.98 Å². The molecule has 1 heterocycles. The summed E-state index contributed by atoms with van der Waals surface area (Å²) in [6.07, 6.45) is 0. The van der Waals surface area contributed by atoms with E-state index in [1.165, 1.54) is 0 Å². The lowest BCUT2D eigenvalue weighted by Gasteiger charge is -2.04. The average Bonchev–Trinajstić information content (AvgIpc) is 2.08. The van der Waals surface area contributed by atoms with Crippen molar-refractivity contribution in [3.63, 3.8) is 0 Å². The van der Waals surface area contributed by atoms with Gasteiger partial charge in [-0.1, -0.05) is 23.2 Å². The van der Waals surface area contributed by atoms with Crippen LogP contribution in [-0.4, -0.2) is 4.98 Å². The van der Waals surface area contributed by atoms with Crippen LogP contribution >= 0.6 is 23.2 Å². The Kier molecular flexibility index (Phi) is 2.25. The summed E-state index contributed by atoms with van der Waals surface area (Å²) >= 11 is 11.9. The standard InChI is InChI=1S/C10H8Cl2N2/c1-5-2-6-3-7(11)4-8(12)9(6)14-10(5)13/h2-4H,1H3,(H2,13,14). The number of pyridine rings is 1. The lowest BCUT2D eigenvalue weighted by atomic mass is 10.1. The third kappa shape index (κ3) is 1.51. The van der Waals surface area contributed by atoms with Gasteiger partial charge in [0.05, 0.1) is 10.5 Å². The minimum Gasteiger partial charge on any atom is -0.383 e. The van der Waals surface area contributed by atoms with Crippen LogP contribution in [0.2, 0.25) is 10.0 Å². The van der Waals surface area contributed by atoms with E-state index in [0.717, 1.165) is 10.9 Å². The Hall–Kier alpha value is -0.990. The molecule has 0 aliphatic heterocycles. The highest BCUT2D eigenvalue weighted by Gasteiger charge is 2.05. The molecular weight excluding hydrogens is 219 g/mol. The first kappa shape index (κ1) is 9.56. The quantitative estimate of drug-likeness (QED) is 0.748. The molecule has 0 radical (unpaired) electrons. The van der Waals surface area contributed by atoms with Crippen molar-refractivity contribution in [2.45, 2.75) is 6.92 Å². The summed E-state index contributed by atoms with van der Waals surface area (Å²) in [4.78, 5) is 4.20. The van der Waals surface area contributed by atoms with Crippen molar-refractivity contribution >= 4 is 39.9 Å². The molecule has 0 atom stereocenters. The Morgan fingerprint density at radius 2 is 1.93 bits per heavy atom. The number of halogens is 2. The molecule has 72 valence electrons. The van der Waals surface area contributed by atoms with Crippen LogP contribution in [0, 0.1) is 6.92 Å². The molecule has 2 N–H and O–H groups in total. The van der Waals surface area contributed by atoms with E-state index in [1.54, 1.807) is 6.07 Å².